The van der Waals surface area contributed by atoms with Crippen molar-refractivity contribution in [2.75, 3.05) is 11.9 Å². The Morgan fingerprint density at radius 3 is 3.10 bits per heavy atom. The van der Waals surface area contributed by atoms with Gasteiger partial charge in [-0.3, -0.25) is 4.98 Å². The second-order valence-electron chi connectivity index (χ2n) is 6.10. The van der Waals surface area contributed by atoms with E-state index in [0.717, 1.165) is 13.0 Å². The minimum Gasteiger partial charge on any atom is -0.377 e. The van der Waals surface area contributed by atoms with Gasteiger partial charge in [0.05, 0.1) is 12.1 Å². The van der Waals surface area contributed by atoms with E-state index in [1.54, 1.807) is 0 Å². The molecule has 2 aromatic rings. The first-order valence-corrected chi connectivity index (χ1v) is 7.71. The Bertz CT molecular complexity index is 641. The van der Waals surface area contributed by atoms with E-state index in [-0.39, 0.29) is 6.10 Å². The summed E-state index contributed by atoms with van der Waals surface area (Å²) in [6.45, 7) is 3.01. The summed E-state index contributed by atoms with van der Waals surface area (Å²) in [5.74, 6) is 0.484. The molecule has 21 heavy (non-hydrogen) atoms. The number of nitrogens with one attached hydrogen (secondary N) is 1. The molecule has 2 aliphatic rings. The van der Waals surface area contributed by atoms with Crippen LogP contribution < -0.4 is 5.32 Å². The molecule has 3 heteroatoms. The normalized spacial score (nSPS) is 27.4. The minimum atomic E-state index is 0.208. The molecule has 0 saturated carbocycles. The Labute approximate surface area is 125 Å². The lowest BCUT2D eigenvalue weighted by Crippen LogP contribution is -2.36. The number of pyridine rings is 1. The molecule has 1 N–H and O–H groups in total. The summed E-state index contributed by atoms with van der Waals surface area (Å²) in [5.41, 5.74) is 5.07. The average molecular weight is 280 g/mol. The van der Waals surface area contributed by atoms with Crippen molar-refractivity contribution in [2.45, 2.75) is 31.9 Å². The Morgan fingerprint density at radius 1 is 1.29 bits per heavy atom. The summed E-state index contributed by atoms with van der Waals surface area (Å²) >= 11 is 0. The molecule has 0 spiro atoms. The molecule has 108 valence electrons. The highest BCUT2D eigenvalue weighted by Crippen LogP contribution is 2.48. The number of benzene rings is 1. The zero-order valence-corrected chi connectivity index (χ0v) is 12.3. The van der Waals surface area contributed by atoms with E-state index < -0.39 is 0 Å². The number of nitrogens with zero attached hydrogens (tertiary/aromatic N) is 1. The van der Waals surface area contributed by atoms with Crippen LogP contribution >= 0.6 is 0 Å². The van der Waals surface area contributed by atoms with E-state index in [0.29, 0.717) is 12.0 Å². The summed E-state index contributed by atoms with van der Waals surface area (Å²) in [6.07, 6.45) is 6.35. The van der Waals surface area contributed by atoms with Gasteiger partial charge in [0.1, 0.15) is 0 Å². The van der Waals surface area contributed by atoms with E-state index in [1.807, 2.05) is 18.5 Å². The molecule has 2 aliphatic heterocycles. The minimum absolute atomic E-state index is 0.208. The molecule has 1 aromatic heterocycles. The van der Waals surface area contributed by atoms with Crippen molar-refractivity contribution >= 4 is 5.69 Å². The predicted octanol–water partition coefficient (Wildman–Crippen LogP) is 4.02. The number of anilines is 1. The fourth-order valence-corrected chi connectivity index (χ4v) is 3.68. The summed E-state index contributed by atoms with van der Waals surface area (Å²) in [5, 5.41) is 3.72. The van der Waals surface area contributed by atoms with Gasteiger partial charge >= 0.3 is 0 Å². The number of rotatable bonds is 1. The van der Waals surface area contributed by atoms with Crippen LogP contribution in [0, 0.1) is 12.8 Å². The van der Waals surface area contributed by atoms with Crippen LogP contribution in [0.1, 0.15) is 41.7 Å². The zero-order chi connectivity index (χ0) is 14.2. The van der Waals surface area contributed by atoms with Crippen LogP contribution in [0.2, 0.25) is 0 Å². The van der Waals surface area contributed by atoms with E-state index in [2.05, 4.69) is 41.5 Å². The summed E-state index contributed by atoms with van der Waals surface area (Å²) < 4.78 is 6.15. The van der Waals surface area contributed by atoms with Crippen molar-refractivity contribution in [2.24, 2.45) is 5.92 Å². The molecular formula is C18H20N2O. The van der Waals surface area contributed by atoms with Gasteiger partial charge in [-0.15, -0.1) is 0 Å². The van der Waals surface area contributed by atoms with Crippen LogP contribution in [0.15, 0.2) is 42.7 Å². The van der Waals surface area contributed by atoms with Crippen molar-refractivity contribution in [3.05, 3.63) is 59.4 Å². The van der Waals surface area contributed by atoms with Gasteiger partial charge in [0.2, 0.25) is 0 Å². The van der Waals surface area contributed by atoms with Gasteiger partial charge in [0.15, 0.2) is 0 Å². The highest BCUT2D eigenvalue weighted by Gasteiger charge is 2.39. The smallest absolute Gasteiger partial charge is 0.0895 e. The quantitative estimate of drug-likeness (QED) is 0.856. The van der Waals surface area contributed by atoms with Gasteiger partial charge < -0.3 is 10.1 Å². The van der Waals surface area contributed by atoms with Gasteiger partial charge in [0, 0.05) is 36.2 Å². The maximum Gasteiger partial charge on any atom is 0.0895 e. The molecular weight excluding hydrogens is 260 g/mol. The zero-order valence-electron chi connectivity index (χ0n) is 12.3. The Balaban J connectivity index is 1.79. The Kier molecular flexibility index (Phi) is 3.15. The third-order valence-corrected chi connectivity index (χ3v) is 4.66. The maximum atomic E-state index is 6.15. The largest absolute Gasteiger partial charge is 0.377 e. The molecule has 4 rings (SSSR count). The Hall–Kier alpha value is -1.87. The first-order valence-electron chi connectivity index (χ1n) is 7.71. The number of aryl methyl sites for hydroxylation is 1. The van der Waals surface area contributed by atoms with Gasteiger partial charge in [-0.2, -0.15) is 0 Å². The number of hydrogen-bond acceptors (Lipinski definition) is 3. The third kappa shape index (κ3) is 2.22. The predicted molar refractivity (Wildman–Crippen MR) is 83.2 cm³/mol. The van der Waals surface area contributed by atoms with Crippen molar-refractivity contribution in [3.8, 4) is 0 Å². The SMILES string of the molecule is Cc1ccc2c(c1)[C@H]1OCCC[C@H]1C(c1cccnc1)N2. The summed E-state index contributed by atoms with van der Waals surface area (Å²) in [6, 6.07) is 11.1. The number of fused-ring (bicyclic) bond motifs is 3. The molecule has 1 saturated heterocycles. The lowest BCUT2D eigenvalue weighted by atomic mass is 9.77. The van der Waals surface area contributed by atoms with Crippen molar-refractivity contribution in [1.82, 2.24) is 4.98 Å². The highest BCUT2D eigenvalue weighted by atomic mass is 16.5. The summed E-state index contributed by atoms with van der Waals surface area (Å²) in [7, 11) is 0. The van der Waals surface area contributed by atoms with Crippen molar-refractivity contribution in [3.63, 3.8) is 0 Å². The molecule has 1 aromatic carbocycles. The van der Waals surface area contributed by atoms with Crippen LogP contribution in [-0.4, -0.2) is 11.6 Å². The number of hydrogen-bond donors (Lipinski definition) is 1. The second-order valence-corrected chi connectivity index (χ2v) is 6.10. The monoisotopic (exact) mass is 280 g/mol. The fourth-order valence-electron chi connectivity index (χ4n) is 3.68. The van der Waals surface area contributed by atoms with E-state index >= 15 is 0 Å². The molecule has 0 aliphatic carbocycles. The Morgan fingerprint density at radius 2 is 2.24 bits per heavy atom. The van der Waals surface area contributed by atoms with Crippen molar-refractivity contribution in [1.29, 1.82) is 0 Å². The van der Waals surface area contributed by atoms with Crippen LogP contribution in [0.4, 0.5) is 5.69 Å². The second kappa shape index (κ2) is 5.15. The fraction of sp³-hybridized carbons (Fsp3) is 0.389. The van der Waals surface area contributed by atoms with Crippen molar-refractivity contribution < 1.29 is 4.74 Å². The summed E-state index contributed by atoms with van der Waals surface area (Å²) in [4.78, 5) is 4.29. The lowest BCUT2D eigenvalue weighted by molar-refractivity contribution is -0.0381. The van der Waals surface area contributed by atoms with E-state index in [1.165, 1.54) is 28.8 Å². The molecule has 0 bridgehead atoms. The molecule has 1 unspecified atom stereocenters. The number of ether oxygens (including phenoxy) is 1. The molecule has 3 nitrogen and oxygen atoms in total. The van der Waals surface area contributed by atoms with E-state index in [4.69, 9.17) is 4.74 Å². The average Bonchev–Trinajstić information content (AvgIpc) is 2.55. The standard InChI is InChI=1S/C18H20N2O/c1-12-6-7-16-15(10-12)18-14(5-3-9-21-18)17(20-16)13-4-2-8-19-11-13/h2,4,6-8,10-11,14,17-18,20H,3,5,9H2,1H3/t14-,17?,18-/m0/s1. The first-order chi connectivity index (χ1) is 10.3. The molecule has 0 amide bonds. The van der Waals surface area contributed by atoms with Gasteiger partial charge in [-0.25, -0.2) is 0 Å². The van der Waals surface area contributed by atoms with Crippen LogP contribution in [0.3, 0.4) is 0 Å². The molecule has 0 radical (unpaired) electrons. The lowest BCUT2D eigenvalue weighted by Gasteiger charge is -2.43. The molecule has 3 atom stereocenters. The van der Waals surface area contributed by atoms with Crippen LogP contribution in [0.25, 0.3) is 0 Å². The van der Waals surface area contributed by atoms with Gasteiger partial charge in [-0.05, 0) is 37.5 Å². The third-order valence-electron chi connectivity index (χ3n) is 4.66. The first kappa shape index (κ1) is 12.8. The van der Waals surface area contributed by atoms with Crippen LogP contribution in [0.5, 0.6) is 0 Å². The van der Waals surface area contributed by atoms with E-state index in [9.17, 15) is 0 Å². The molecule has 3 heterocycles. The maximum absolute atomic E-state index is 6.15. The topological polar surface area (TPSA) is 34.1 Å². The van der Waals surface area contributed by atoms with Gasteiger partial charge in [-0.1, -0.05) is 23.8 Å². The number of aromatic nitrogens is 1. The highest BCUT2D eigenvalue weighted by molar-refractivity contribution is 5.58. The van der Waals surface area contributed by atoms with Crippen LogP contribution in [-0.2, 0) is 4.74 Å². The molecule has 1 fully saturated rings. The van der Waals surface area contributed by atoms with Gasteiger partial charge in [0.25, 0.3) is 0 Å².